The molecule has 0 bridgehead atoms. The molecule has 1 saturated carbocycles. The monoisotopic (exact) mass is 405 g/mol. The van der Waals surface area contributed by atoms with E-state index in [2.05, 4.69) is 29.1 Å². The highest BCUT2D eigenvalue weighted by Gasteiger charge is 2.30. The van der Waals surface area contributed by atoms with Crippen molar-refractivity contribution in [3.8, 4) is 0 Å². The van der Waals surface area contributed by atoms with Gasteiger partial charge in [0, 0.05) is 6.04 Å². The van der Waals surface area contributed by atoms with Crippen molar-refractivity contribution in [1.82, 2.24) is 15.3 Å². The number of hydrogen-bond acceptors (Lipinski definition) is 6. The van der Waals surface area contributed by atoms with Gasteiger partial charge in [-0.15, -0.1) is 11.3 Å². The smallest absolute Gasteiger partial charge is 0.349 e. The van der Waals surface area contributed by atoms with Crippen LogP contribution in [0.1, 0.15) is 61.1 Å². The van der Waals surface area contributed by atoms with Gasteiger partial charge in [-0.25, -0.2) is 9.78 Å². The van der Waals surface area contributed by atoms with Gasteiger partial charge in [0.25, 0.3) is 11.5 Å². The summed E-state index contributed by atoms with van der Waals surface area (Å²) in [4.78, 5) is 45.0. The number of amides is 1. The third kappa shape index (κ3) is 3.97. The van der Waals surface area contributed by atoms with E-state index in [9.17, 15) is 14.4 Å². The fraction of sp³-hybridized carbons (Fsp3) is 0.600. The lowest BCUT2D eigenvalue weighted by Crippen LogP contribution is -2.47. The summed E-state index contributed by atoms with van der Waals surface area (Å²) in [6.07, 6.45) is 2.30. The summed E-state index contributed by atoms with van der Waals surface area (Å²) in [7, 11) is 0. The van der Waals surface area contributed by atoms with Crippen LogP contribution >= 0.6 is 11.3 Å². The minimum absolute atomic E-state index is 0.106. The minimum atomic E-state index is -0.908. The molecule has 4 atom stereocenters. The predicted octanol–water partition coefficient (Wildman–Crippen LogP) is 3.09. The van der Waals surface area contributed by atoms with Crippen LogP contribution in [-0.2, 0) is 9.53 Å². The zero-order valence-corrected chi connectivity index (χ0v) is 17.7. The topological polar surface area (TPSA) is 101 Å². The van der Waals surface area contributed by atoms with Gasteiger partial charge in [-0.3, -0.25) is 9.59 Å². The van der Waals surface area contributed by atoms with Gasteiger partial charge in [0.2, 0.25) is 0 Å². The van der Waals surface area contributed by atoms with Gasteiger partial charge in [0.15, 0.2) is 6.10 Å². The number of nitrogens with zero attached hydrogens (tertiary/aromatic N) is 1. The van der Waals surface area contributed by atoms with Crippen LogP contribution in [0.25, 0.3) is 10.2 Å². The Balaban J connectivity index is 1.71. The van der Waals surface area contributed by atoms with Gasteiger partial charge in [-0.05, 0) is 44.6 Å². The molecule has 1 aliphatic carbocycles. The molecule has 3 rings (SSSR count). The number of aromatic amines is 1. The third-order valence-corrected chi connectivity index (χ3v) is 6.96. The Hall–Kier alpha value is -2.22. The second-order valence-corrected chi connectivity index (χ2v) is 8.82. The molecule has 0 saturated heterocycles. The lowest BCUT2D eigenvalue weighted by atomic mass is 9.78. The van der Waals surface area contributed by atoms with Crippen molar-refractivity contribution in [3.63, 3.8) is 0 Å². The van der Waals surface area contributed by atoms with Crippen LogP contribution in [0.4, 0.5) is 0 Å². The van der Waals surface area contributed by atoms with Crippen LogP contribution in [0.15, 0.2) is 4.79 Å². The van der Waals surface area contributed by atoms with Crippen LogP contribution in [0.2, 0.25) is 0 Å². The highest BCUT2D eigenvalue weighted by Crippen LogP contribution is 2.30. The summed E-state index contributed by atoms with van der Waals surface area (Å²) in [5, 5.41) is 3.43. The number of fused-ring (bicyclic) bond motifs is 1. The molecule has 2 aromatic rings. The van der Waals surface area contributed by atoms with Crippen LogP contribution in [0, 0.1) is 25.7 Å². The Morgan fingerprint density at radius 3 is 2.71 bits per heavy atom. The number of H-pyrrole nitrogens is 1. The van der Waals surface area contributed by atoms with E-state index in [1.54, 1.807) is 20.8 Å². The summed E-state index contributed by atoms with van der Waals surface area (Å²) in [5.41, 5.74) is 0.252. The van der Waals surface area contributed by atoms with Crippen LogP contribution < -0.4 is 10.9 Å². The van der Waals surface area contributed by atoms with Gasteiger partial charge in [0.05, 0.1) is 5.39 Å². The maximum atomic E-state index is 12.6. The first-order valence-electron chi connectivity index (χ1n) is 9.70. The molecule has 2 aromatic heterocycles. The Bertz CT molecular complexity index is 964. The first kappa shape index (κ1) is 20.5. The van der Waals surface area contributed by atoms with Crippen molar-refractivity contribution in [2.75, 3.05) is 0 Å². The van der Waals surface area contributed by atoms with Crippen molar-refractivity contribution in [3.05, 3.63) is 26.6 Å². The molecule has 152 valence electrons. The summed E-state index contributed by atoms with van der Waals surface area (Å²) < 4.78 is 5.40. The largest absolute Gasteiger partial charge is 0.448 e. The first-order valence-corrected chi connectivity index (χ1v) is 10.5. The maximum absolute atomic E-state index is 12.6. The number of aryl methyl sites for hydroxylation is 2. The molecule has 8 heteroatoms. The molecule has 0 aromatic carbocycles. The lowest BCUT2D eigenvalue weighted by Gasteiger charge is -2.35. The second-order valence-electron chi connectivity index (χ2n) is 7.82. The van der Waals surface area contributed by atoms with Crippen LogP contribution in [0.3, 0.4) is 0 Å². The van der Waals surface area contributed by atoms with Gasteiger partial charge in [0.1, 0.15) is 15.5 Å². The van der Waals surface area contributed by atoms with E-state index in [1.165, 1.54) is 6.42 Å². The SMILES string of the molecule is Cc1nc2sc(C(=O)O[C@H](C)C(=O)N[C@H]3CCC[C@H](C)[C@@H]3C)c(C)c2c(=O)[nH]1. The van der Waals surface area contributed by atoms with Crippen LogP contribution in [0.5, 0.6) is 0 Å². The number of aromatic nitrogens is 2. The molecule has 0 radical (unpaired) electrons. The number of thiophene rings is 1. The minimum Gasteiger partial charge on any atom is -0.448 e. The van der Waals surface area contributed by atoms with Gasteiger partial charge >= 0.3 is 5.97 Å². The fourth-order valence-corrected chi connectivity index (χ4v) is 4.91. The lowest BCUT2D eigenvalue weighted by molar-refractivity contribution is -0.130. The van der Waals surface area contributed by atoms with Crippen molar-refractivity contribution in [1.29, 1.82) is 0 Å². The molecule has 2 N–H and O–H groups in total. The Morgan fingerprint density at radius 1 is 1.29 bits per heavy atom. The normalized spacial score (nSPS) is 23.4. The molecule has 1 amide bonds. The highest BCUT2D eigenvalue weighted by molar-refractivity contribution is 7.20. The van der Waals surface area contributed by atoms with E-state index >= 15 is 0 Å². The molecular formula is C20H27N3O4S. The molecule has 1 aliphatic rings. The molecule has 2 heterocycles. The maximum Gasteiger partial charge on any atom is 0.349 e. The first-order chi connectivity index (χ1) is 13.2. The molecule has 7 nitrogen and oxygen atoms in total. The summed E-state index contributed by atoms with van der Waals surface area (Å²) in [5.74, 6) is 0.552. The summed E-state index contributed by atoms with van der Waals surface area (Å²) in [6, 6.07) is 0.106. The summed E-state index contributed by atoms with van der Waals surface area (Å²) in [6.45, 7) is 9.31. The number of hydrogen-bond donors (Lipinski definition) is 2. The Labute approximate surface area is 167 Å². The average molecular weight is 406 g/mol. The van der Waals surface area contributed by atoms with Crippen molar-refractivity contribution < 1.29 is 14.3 Å². The quantitative estimate of drug-likeness (QED) is 0.761. The van der Waals surface area contributed by atoms with Gasteiger partial charge in [-0.2, -0.15) is 0 Å². The van der Waals surface area contributed by atoms with Crippen molar-refractivity contribution in [2.45, 2.75) is 66.0 Å². The number of nitrogens with one attached hydrogen (secondary N) is 2. The number of ether oxygens (including phenoxy) is 1. The van der Waals surface area contributed by atoms with E-state index < -0.39 is 12.1 Å². The van der Waals surface area contributed by atoms with Crippen molar-refractivity contribution >= 4 is 33.4 Å². The number of carbonyl (C=O) groups excluding carboxylic acids is 2. The molecular weight excluding hydrogens is 378 g/mol. The van der Waals surface area contributed by atoms with E-state index in [1.807, 2.05) is 0 Å². The van der Waals surface area contributed by atoms with Gasteiger partial charge in [-0.1, -0.05) is 26.7 Å². The molecule has 0 unspecified atom stereocenters. The molecule has 1 fully saturated rings. The number of esters is 1. The molecule has 0 aliphatic heterocycles. The predicted molar refractivity (Wildman–Crippen MR) is 109 cm³/mol. The number of rotatable bonds is 4. The van der Waals surface area contributed by atoms with Gasteiger partial charge < -0.3 is 15.0 Å². The van der Waals surface area contributed by atoms with Crippen molar-refractivity contribution in [2.24, 2.45) is 11.8 Å². The van der Waals surface area contributed by atoms with E-state index in [4.69, 9.17) is 4.74 Å². The zero-order chi connectivity index (χ0) is 20.6. The molecule has 28 heavy (non-hydrogen) atoms. The number of carbonyl (C=O) groups is 2. The second kappa shape index (κ2) is 8.03. The Kier molecular flexibility index (Phi) is 5.88. The molecule has 0 spiro atoms. The van der Waals surface area contributed by atoms with E-state index in [-0.39, 0.29) is 17.5 Å². The van der Waals surface area contributed by atoms with E-state index in [0.717, 1.165) is 24.2 Å². The van der Waals surface area contributed by atoms with E-state index in [0.29, 0.717) is 38.3 Å². The van der Waals surface area contributed by atoms with Crippen LogP contribution in [-0.4, -0.2) is 34.0 Å². The third-order valence-electron chi connectivity index (χ3n) is 5.79. The standard InChI is InChI=1S/C20H27N3O4S/c1-9-7-6-8-14(10(9)2)23-17(24)12(4)27-20(26)16-11(3)15-18(25)21-13(5)22-19(15)28-16/h9-10,12,14H,6-8H2,1-5H3,(H,23,24)(H,21,22,25)/t9-,10-,12+,14-/m0/s1. The average Bonchev–Trinajstić information content (AvgIpc) is 2.95. The fourth-order valence-electron chi connectivity index (χ4n) is 3.80. The highest BCUT2D eigenvalue weighted by atomic mass is 32.1. The Morgan fingerprint density at radius 2 is 2.00 bits per heavy atom. The zero-order valence-electron chi connectivity index (χ0n) is 16.9. The summed E-state index contributed by atoms with van der Waals surface area (Å²) >= 11 is 1.11.